The smallest absolute Gasteiger partial charge is 0.115 e. The lowest BCUT2D eigenvalue weighted by atomic mass is 10.2. The number of hydrogen-bond acceptors (Lipinski definition) is 2. The minimum absolute atomic E-state index is 0.307. The average molecular weight is 325 g/mol. The molecule has 16 heavy (non-hydrogen) atoms. The number of benzene rings is 2. The summed E-state index contributed by atoms with van der Waals surface area (Å²) in [7, 11) is 0. The van der Waals surface area contributed by atoms with Gasteiger partial charge in [-0.3, -0.25) is 0 Å². The summed E-state index contributed by atoms with van der Waals surface area (Å²) in [5.74, 6) is 0.307. The summed E-state index contributed by atoms with van der Waals surface area (Å²) in [6, 6.07) is 15.5. The largest absolute Gasteiger partial charge is 0.508 e. The molecule has 0 amide bonds. The van der Waals surface area contributed by atoms with Crippen LogP contribution in [-0.2, 0) is 6.54 Å². The second-order valence-corrected chi connectivity index (χ2v) is 4.78. The lowest BCUT2D eigenvalue weighted by molar-refractivity contribution is 0.474. The minimum atomic E-state index is 0.307. The molecule has 0 saturated heterocycles. The van der Waals surface area contributed by atoms with Gasteiger partial charge in [-0.2, -0.15) is 0 Å². The number of nitrogens with one attached hydrogen (secondary N) is 1. The molecule has 2 nitrogen and oxygen atoms in total. The van der Waals surface area contributed by atoms with Crippen LogP contribution in [0, 0.1) is 3.57 Å². The Labute approximate surface area is 108 Å². The van der Waals surface area contributed by atoms with Crippen molar-refractivity contribution in [2.45, 2.75) is 6.54 Å². The maximum absolute atomic E-state index is 9.32. The highest BCUT2D eigenvalue weighted by atomic mass is 127. The van der Waals surface area contributed by atoms with Crippen molar-refractivity contribution >= 4 is 28.3 Å². The number of anilines is 1. The molecule has 3 heteroatoms. The zero-order valence-corrected chi connectivity index (χ0v) is 10.8. The molecule has 0 aliphatic carbocycles. The quantitative estimate of drug-likeness (QED) is 0.845. The van der Waals surface area contributed by atoms with E-state index in [1.54, 1.807) is 12.1 Å². The molecule has 0 aliphatic heterocycles. The Morgan fingerprint density at radius 1 is 1.06 bits per heavy atom. The van der Waals surface area contributed by atoms with E-state index in [1.807, 2.05) is 24.3 Å². The molecule has 0 bridgehead atoms. The minimum Gasteiger partial charge on any atom is -0.508 e. The van der Waals surface area contributed by atoms with Gasteiger partial charge < -0.3 is 10.4 Å². The van der Waals surface area contributed by atoms with E-state index in [4.69, 9.17) is 0 Å². The number of phenols is 1. The molecule has 2 N–H and O–H groups in total. The summed E-state index contributed by atoms with van der Waals surface area (Å²) in [6.07, 6.45) is 0. The van der Waals surface area contributed by atoms with Crippen LogP contribution in [0.15, 0.2) is 48.5 Å². The van der Waals surface area contributed by atoms with Crippen LogP contribution >= 0.6 is 22.6 Å². The first kappa shape index (κ1) is 11.3. The van der Waals surface area contributed by atoms with Gasteiger partial charge in [-0.05, 0) is 64.6 Å². The van der Waals surface area contributed by atoms with Gasteiger partial charge in [-0.1, -0.05) is 12.1 Å². The third-order valence-corrected chi connectivity index (χ3v) is 2.97. The van der Waals surface area contributed by atoms with Crippen LogP contribution in [0.1, 0.15) is 5.56 Å². The molecule has 0 radical (unpaired) electrons. The Balaban J connectivity index is 1.99. The monoisotopic (exact) mass is 325 g/mol. The normalized spacial score (nSPS) is 10.1. The second-order valence-electron chi connectivity index (χ2n) is 3.53. The van der Waals surface area contributed by atoms with Crippen LogP contribution in [-0.4, -0.2) is 5.11 Å². The molecule has 2 rings (SSSR count). The fourth-order valence-corrected chi connectivity index (χ4v) is 1.80. The third kappa shape index (κ3) is 3.13. The van der Waals surface area contributed by atoms with Crippen molar-refractivity contribution in [3.63, 3.8) is 0 Å². The first-order valence-electron chi connectivity index (χ1n) is 5.01. The lowest BCUT2D eigenvalue weighted by Crippen LogP contribution is -1.98. The van der Waals surface area contributed by atoms with E-state index < -0.39 is 0 Å². The van der Waals surface area contributed by atoms with E-state index >= 15 is 0 Å². The Hall–Kier alpha value is -1.23. The molecule has 0 saturated carbocycles. The second kappa shape index (κ2) is 5.21. The summed E-state index contributed by atoms with van der Waals surface area (Å²) in [4.78, 5) is 0. The molecule has 82 valence electrons. The van der Waals surface area contributed by atoms with E-state index in [2.05, 4.69) is 40.0 Å². The highest BCUT2D eigenvalue weighted by Gasteiger charge is 1.95. The molecule has 0 atom stereocenters. The number of aromatic hydroxyl groups is 1. The van der Waals surface area contributed by atoms with Crippen LogP contribution in [0.5, 0.6) is 5.75 Å². The standard InChI is InChI=1S/C13H12INO/c14-11-4-6-12(7-5-11)15-9-10-2-1-3-13(16)8-10/h1-8,15-16H,9H2. The van der Waals surface area contributed by atoms with Gasteiger partial charge in [-0.25, -0.2) is 0 Å². The van der Waals surface area contributed by atoms with E-state index in [0.717, 1.165) is 17.8 Å². The first-order valence-corrected chi connectivity index (χ1v) is 6.09. The Bertz CT molecular complexity index is 468. The zero-order chi connectivity index (χ0) is 11.4. The fourth-order valence-electron chi connectivity index (χ4n) is 1.44. The van der Waals surface area contributed by atoms with Gasteiger partial charge >= 0.3 is 0 Å². The molecule has 0 heterocycles. The molecular weight excluding hydrogens is 313 g/mol. The highest BCUT2D eigenvalue weighted by Crippen LogP contribution is 2.14. The van der Waals surface area contributed by atoms with Crippen molar-refractivity contribution < 1.29 is 5.11 Å². The van der Waals surface area contributed by atoms with Crippen molar-refractivity contribution in [3.8, 4) is 5.75 Å². The van der Waals surface area contributed by atoms with Crippen LogP contribution in [0.25, 0.3) is 0 Å². The molecular formula is C13H12INO. The van der Waals surface area contributed by atoms with Gasteiger partial charge in [0.2, 0.25) is 0 Å². The predicted octanol–water partition coefficient (Wildman–Crippen LogP) is 3.61. The maximum atomic E-state index is 9.32. The Morgan fingerprint density at radius 3 is 2.50 bits per heavy atom. The summed E-state index contributed by atoms with van der Waals surface area (Å²) < 4.78 is 1.22. The predicted molar refractivity (Wildman–Crippen MR) is 74.6 cm³/mol. The first-order chi connectivity index (χ1) is 7.74. The summed E-state index contributed by atoms with van der Waals surface area (Å²) in [5, 5.41) is 12.6. The molecule has 0 fully saturated rings. The van der Waals surface area contributed by atoms with Gasteiger partial charge in [0.25, 0.3) is 0 Å². The van der Waals surface area contributed by atoms with Crippen LogP contribution in [0.2, 0.25) is 0 Å². The molecule has 0 unspecified atom stereocenters. The van der Waals surface area contributed by atoms with E-state index in [0.29, 0.717) is 5.75 Å². The number of rotatable bonds is 3. The molecule has 2 aromatic carbocycles. The van der Waals surface area contributed by atoms with E-state index in [1.165, 1.54) is 3.57 Å². The van der Waals surface area contributed by atoms with Crippen LogP contribution in [0.3, 0.4) is 0 Å². The van der Waals surface area contributed by atoms with Crippen LogP contribution < -0.4 is 5.32 Å². The van der Waals surface area contributed by atoms with Gasteiger partial charge in [0.05, 0.1) is 0 Å². The van der Waals surface area contributed by atoms with Crippen molar-refractivity contribution in [2.24, 2.45) is 0 Å². The van der Waals surface area contributed by atoms with E-state index in [9.17, 15) is 5.11 Å². The number of halogens is 1. The van der Waals surface area contributed by atoms with Crippen molar-refractivity contribution in [2.75, 3.05) is 5.32 Å². The van der Waals surface area contributed by atoms with Crippen molar-refractivity contribution in [1.29, 1.82) is 0 Å². The van der Waals surface area contributed by atoms with Crippen molar-refractivity contribution in [1.82, 2.24) is 0 Å². The number of phenolic OH excluding ortho intramolecular Hbond substituents is 1. The topological polar surface area (TPSA) is 32.3 Å². The lowest BCUT2D eigenvalue weighted by Gasteiger charge is -2.06. The highest BCUT2D eigenvalue weighted by molar-refractivity contribution is 14.1. The van der Waals surface area contributed by atoms with Gasteiger partial charge in [0, 0.05) is 15.8 Å². The van der Waals surface area contributed by atoms with E-state index in [-0.39, 0.29) is 0 Å². The van der Waals surface area contributed by atoms with Gasteiger partial charge in [0.15, 0.2) is 0 Å². The third-order valence-electron chi connectivity index (χ3n) is 2.25. The maximum Gasteiger partial charge on any atom is 0.115 e. The SMILES string of the molecule is Oc1cccc(CNc2ccc(I)cc2)c1. The molecule has 0 spiro atoms. The average Bonchev–Trinajstić information content (AvgIpc) is 2.28. The molecule has 0 aromatic heterocycles. The van der Waals surface area contributed by atoms with Gasteiger partial charge in [0.1, 0.15) is 5.75 Å². The molecule has 2 aromatic rings. The summed E-state index contributed by atoms with van der Waals surface area (Å²) >= 11 is 2.28. The Morgan fingerprint density at radius 2 is 1.81 bits per heavy atom. The van der Waals surface area contributed by atoms with Crippen molar-refractivity contribution in [3.05, 3.63) is 57.7 Å². The Kier molecular flexibility index (Phi) is 3.66. The fraction of sp³-hybridized carbons (Fsp3) is 0.0769. The summed E-state index contributed by atoms with van der Waals surface area (Å²) in [6.45, 7) is 0.717. The van der Waals surface area contributed by atoms with Gasteiger partial charge in [-0.15, -0.1) is 0 Å². The molecule has 0 aliphatic rings. The zero-order valence-electron chi connectivity index (χ0n) is 8.65. The number of hydrogen-bond donors (Lipinski definition) is 2. The van der Waals surface area contributed by atoms with Crippen LogP contribution in [0.4, 0.5) is 5.69 Å². The summed E-state index contributed by atoms with van der Waals surface area (Å²) in [5.41, 5.74) is 2.15.